The van der Waals surface area contributed by atoms with Crippen LogP contribution in [0.15, 0.2) is 24.5 Å². The topological polar surface area (TPSA) is 78.2 Å². The van der Waals surface area contributed by atoms with Crippen LogP contribution in [0.2, 0.25) is 0 Å². The number of nitrogens with zero attached hydrogens (tertiary/aromatic N) is 4. The van der Waals surface area contributed by atoms with Crippen molar-refractivity contribution in [2.24, 2.45) is 0 Å². The van der Waals surface area contributed by atoms with E-state index in [2.05, 4.69) is 20.4 Å². The maximum absolute atomic E-state index is 8.69. The van der Waals surface area contributed by atoms with E-state index in [9.17, 15) is 0 Å². The molecule has 0 unspecified atom stereocenters. The molecule has 5 heteroatoms. The summed E-state index contributed by atoms with van der Waals surface area (Å²) in [5.41, 5.74) is 1.68. The average molecular weight is 171 g/mol. The molecule has 2 aromatic rings. The van der Waals surface area contributed by atoms with E-state index in [1.807, 2.05) is 12.1 Å². The molecular formula is C8H5N5. The van der Waals surface area contributed by atoms with Crippen molar-refractivity contribution in [1.29, 1.82) is 5.26 Å². The minimum atomic E-state index is 0.355. The van der Waals surface area contributed by atoms with Gasteiger partial charge < -0.3 is 0 Å². The minimum absolute atomic E-state index is 0.355. The number of H-pyrrole nitrogens is 1. The quantitative estimate of drug-likeness (QED) is 0.686. The van der Waals surface area contributed by atoms with E-state index < -0.39 is 0 Å². The maximum atomic E-state index is 8.69. The second-order valence-corrected chi connectivity index (χ2v) is 2.39. The van der Waals surface area contributed by atoms with E-state index in [1.165, 1.54) is 0 Å². The smallest absolute Gasteiger partial charge is 0.163 e. The lowest BCUT2D eigenvalue weighted by Gasteiger charge is -1.92. The lowest BCUT2D eigenvalue weighted by Crippen LogP contribution is -1.82. The van der Waals surface area contributed by atoms with Crippen molar-refractivity contribution in [3.63, 3.8) is 0 Å². The number of pyridine rings is 1. The molecule has 1 N–H and O–H groups in total. The summed E-state index contributed by atoms with van der Waals surface area (Å²) in [5, 5.41) is 18.5. The monoisotopic (exact) mass is 171 g/mol. The zero-order chi connectivity index (χ0) is 9.10. The molecule has 5 nitrogen and oxygen atoms in total. The van der Waals surface area contributed by atoms with E-state index in [1.54, 1.807) is 18.5 Å². The van der Waals surface area contributed by atoms with Crippen LogP contribution in [0.3, 0.4) is 0 Å². The van der Waals surface area contributed by atoms with Gasteiger partial charge in [-0.1, -0.05) is 5.21 Å². The third kappa shape index (κ3) is 1.25. The number of nitrogens with one attached hydrogen (secondary N) is 1. The Hall–Kier alpha value is -2.22. The van der Waals surface area contributed by atoms with E-state index in [0.29, 0.717) is 11.4 Å². The SMILES string of the molecule is N#Cc1[nH]nnc1-c1cccnc1. The predicted octanol–water partition coefficient (Wildman–Crippen LogP) is 0.738. The van der Waals surface area contributed by atoms with E-state index in [-0.39, 0.29) is 0 Å². The Labute approximate surface area is 74.1 Å². The fourth-order valence-corrected chi connectivity index (χ4v) is 1.01. The van der Waals surface area contributed by atoms with E-state index >= 15 is 0 Å². The Morgan fingerprint density at radius 2 is 2.38 bits per heavy atom. The second-order valence-electron chi connectivity index (χ2n) is 2.39. The Bertz CT molecular complexity index is 439. The molecule has 62 valence electrons. The van der Waals surface area contributed by atoms with Crippen molar-refractivity contribution < 1.29 is 0 Å². The van der Waals surface area contributed by atoms with Crippen LogP contribution in [0.1, 0.15) is 5.69 Å². The van der Waals surface area contributed by atoms with Crippen LogP contribution in [-0.4, -0.2) is 20.4 Å². The van der Waals surface area contributed by atoms with Gasteiger partial charge in [-0.2, -0.15) is 5.26 Å². The largest absolute Gasteiger partial charge is 0.264 e. The number of nitriles is 1. The first-order valence-corrected chi connectivity index (χ1v) is 3.63. The van der Waals surface area contributed by atoms with Crippen LogP contribution in [0.25, 0.3) is 11.3 Å². The first-order chi connectivity index (χ1) is 6.42. The zero-order valence-electron chi connectivity index (χ0n) is 6.60. The summed E-state index contributed by atoms with van der Waals surface area (Å²) in [6.45, 7) is 0. The molecule has 0 aromatic carbocycles. The third-order valence-electron chi connectivity index (χ3n) is 1.60. The summed E-state index contributed by atoms with van der Waals surface area (Å²) in [6, 6.07) is 5.57. The van der Waals surface area contributed by atoms with Gasteiger partial charge in [-0.05, 0) is 12.1 Å². The van der Waals surface area contributed by atoms with Crippen LogP contribution in [-0.2, 0) is 0 Å². The number of aromatic amines is 1. The molecular weight excluding hydrogens is 166 g/mol. The van der Waals surface area contributed by atoms with Crippen molar-refractivity contribution in [2.75, 3.05) is 0 Å². The summed E-state index contributed by atoms with van der Waals surface area (Å²) >= 11 is 0. The normalized spacial score (nSPS) is 9.46. The van der Waals surface area contributed by atoms with Crippen molar-refractivity contribution in [1.82, 2.24) is 20.4 Å². The lowest BCUT2D eigenvalue weighted by atomic mass is 10.2. The highest BCUT2D eigenvalue weighted by Crippen LogP contribution is 2.16. The molecule has 0 aliphatic carbocycles. The fraction of sp³-hybridized carbons (Fsp3) is 0. The summed E-state index contributed by atoms with van der Waals surface area (Å²) in [7, 11) is 0. The molecule has 0 aliphatic heterocycles. The third-order valence-corrected chi connectivity index (χ3v) is 1.60. The van der Waals surface area contributed by atoms with Crippen molar-refractivity contribution >= 4 is 0 Å². The zero-order valence-corrected chi connectivity index (χ0v) is 6.60. The first-order valence-electron chi connectivity index (χ1n) is 3.63. The Morgan fingerprint density at radius 1 is 1.46 bits per heavy atom. The van der Waals surface area contributed by atoms with E-state index in [0.717, 1.165) is 5.56 Å². The molecule has 0 fully saturated rings. The fourth-order valence-electron chi connectivity index (χ4n) is 1.01. The summed E-state index contributed by atoms with van der Waals surface area (Å²) in [4.78, 5) is 3.92. The Balaban J connectivity index is 2.54. The van der Waals surface area contributed by atoms with Gasteiger partial charge in [0.2, 0.25) is 0 Å². The summed E-state index contributed by atoms with van der Waals surface area (Å²) in [6.07, 6.45) is 3.30. The maximum Gasteiger partial charge on any atom is 0.163 e. The van der Waals surface area contributed by atoms with Gasteiger partial charge in [0.05, 0.1) is 0 Å². The van der Waals surface area contributed by atoms with Gasteiger partial charge in [0.25, 0.3) is 0 Å². The number of hydrogen-bond acceptors (Lipinski definition) is 4. The van der Waals surface area contributed by atoms with Crippen molar-refractivity contribution in [2.45, 2.75) is 0 Å². The minimum Gasteiger partial charge on any atom is -0.264 e. The summed E-state index contributed by atoms with van der Waals surface area (Å²) < 4.78 is 0. The number of rotatable bonds is 1. The van der Waals surface area contributed by atoms with Gasteiger partial charge in [0.1, 0.15) is 11.8 Å². The van der Waals surface area contributed by atoms with Gasteiger partial charge in [0, 0.05) is 18.0 Å². The molecule has 2 rings (SSSR count). The highest BCUT2D eigenvalue weighted by molar-refractivity contribution is 5.62. The highest BCUT2D eigenvalue weighted by atomic mass is 15.3. The molecule has 0 aliphatic rings. The molecule has 13 heavy (non-hydrogen) atoms. The summed E-state index contributed by atoms with van der Waals surface area (Å²) in [5.74, 6) is 0. The number of aromatic nitrogens is 4. The van der Waals surface area contributed by atoms with Gasteiger partial charge in [0.15, 0.2) is 5.69 Å². The van der Waals surface area contributed by atoms with Crippen molar-refractivity contribution in [3.8, 4) is 17.3 Å². The molecule has 2 heterocycles. The highest BCUT2D eigenvalue weighted by Gasteiger charge is 2.07. The van der Waals surface area contributed by atoms with Gasteiger partial charge in [-0.3, -0.25) is 4.98 Å². The van der Waals surface area contributed by atoms with Gasteiger partial charge >= 0.3 is 0 Å². The Kier molecular flexibility index (Phi) is 1.73. The molecule has 0 saturated heterocycles. The van der Waals surface area contributed by atoms with Gasteiger partial charge in [-0.15, -0.1) is 5.10 Å². The molecule has 0 atom stereocenters. The lowest BCUT2D eigenvalue weighted by molar-refractivity contribution is 0.937. The molecule has 0 radical (unpaired) electrons. The molecule has 0 saturated carbocycles. The van der Waals surface area contributed by atoms with Crippen LogP contribution >= 0.6 is 0 Å². The number of hydrogen-bond donors (Lipinski definition) is 1. The molecule has 0 bridgehead atoms. The van der Waals surface area contributed by atoms with Crippen LogP contribution in [0, 0.1) is 11.3 Å². The molecule has 0 spiro atoms. The van der Waals surface area contributed by atoms with Gasteiger partial charge in [-0.25, -0.2) is 5.10 Å². The molecule has 2 aromatic heterocycles. The van der Waals surface area contributed by atoms with Crippen LogP contribution in [0.4, 0.5) is 0 Å². The Morgan fingerprint density at radius 3 is 3.08 bits per heavy atom. The predicted molar refractivity (Wildman–Crippen MR) is 44.3 cm³/mol. The molecule has 0 amide bonds. The van der Waals surface area contributed by atoms with Crippen LogP contribution < -0.4 is 0 Å². The standard InChI is InChI=1S/C8H5N5/c9-4-7-8(12-13-11-7)6-2-1-3-10-5-6/h1-3,5H,(H,11,12,13). The first kappa shape index (κ1) is 7.43. The van der Waals surface area contributed by atoms with E-state index in [4.69, 9.17) is 5.26 Å². The van der Waals surface area contributed by atoms with Crippen LogP contribution in [0.5, 0.6) is 0 Å². The van der Waals surface area contributed by atoms with Crippen molar-refractivity contribution in [3.05, 3.63) is 30.2 Å². The second kappa shape index (κ2) is 3.03. The average Bonchev–Trinajstić information content (AvgIpc) is 2.67.